The molecule has 7 heteroatoms. The number of anilines is 1. The van der Waals surface area contributed by atoms with Gasteiger partial charge in [-0.15, -0.1) is 11.3 Å². The van der Waals surface area contributed by atoms with E-state index < -0.39 is 0 Å². The number of benzene rings is 1. The molecule has 0 unspecified atom stereocenters. The summed E-state index contributed by atoms with van der Waals surface area (Å²) in [7, 11) is 0. The monoisotopic (exact) mass is 412 g/mol. The predicted octanol–water partition coefficient (Wildman–Crippen LogP) is 3.81. The highest BCUT2D eigenvalue weighted by atomic mass is 32.1. The van der Waals surface area contributed by atoms with Crippen molar-refractivity contribution in [3.63, 3.8) is 0 Å². The molecule has 2 aromatic heterocycles. The number of hydrogen-bond donors (Lipinski definition) is 1. The van der Waals surface area contributed by atoms with E-state index in [2.05, 4.69) is 55.8 Å². The Morgan fingerprint density at radius 3 is 2.64 bits per heavy atom. The summed E-state index contributed by atoms with van der Waals surface area (Å²) in [6, 6.07) is 12.6. The Balaban J connectivity index is 1.16. The molecule has 1 saturated heterocycles. The zero-order valence-corrected chi connectivity index (χ0v) is 17.3. The Bertz CT molecular complexity index is 871. The number of amides is 1. The highest BCUT2D eigenvalue weighted by molar-refractivity contribution is 7.14. The van der Waals surface area contributed by atoms with Crippen LogP contribution in [-0.2, 0) is 0 Å². The number of thiophene rings is 1. The first-order valence-corrected chi connectivity index (χ1v) is 11.4. The highest BCUT2D eigenvalue weighted by Crippen LogP contribution is 2.25. The van der Waals surface area contributed by atoms with E-state index in [4.69, 9.17) is 0 Å². The van der Waals surface area contributed by atoms with Crippen LogP contribution in [0, 0.1) is 0 Å². The third-order valence-corrected chi connectivity index (χ3v) is 6.51. The molecule has 1 aromatic carbocycles. The SMILES string of the molecule is O=C(NCCCN1CCN(c2ccccc2)CC1)c1csc(-c2ccsc2)n1. The van der Waals surface area contributed by atoms with Crippen molar-refractivity contribution in [2.75, 3.05) is 44.2 Å². The first-order chi connectivity index (χ1) is 13.8. The molecule has 1 fully saturated rings. The van der Waals surface area contributed by atoms with Gasteiger partial charge in [-0.3, -0.25) is 9.69 Å². The van der Waals surface area contributed by atoms with Crippen molar-refractivity contribution in [3.05, 3.63) is 58.2 Å². The van der Waals surface area contributed by atoms with Crippen LogP contribution in [0.15, 0.2) is 52.5 Å². The fraction of sp³-hybridized carbons (Fsp3) is 0.333. The molecule has 4 rings (SSSR count). The van der Waals surface area contributed by atoms with Crippen LogP contribution in [0.2, 0.25) is 0 Å². The van der Waals surface area contributed by atoms with Gasteiger partial charge in [0.25, 0.3) is 5.91 Å². The van der Waals surface area contributed by atoms with E-state index in [0.29, 0.717) is 12.2 Å². The van der Waals surface area contributed by atoms with Gasteiger partial charge in [-0.25, -0.2) is 4.98 Å². The molecule has 0 aliphatic carbocycles. The summed E-state index contributed by atoms with van der Waals surface area (Å²) >= 11 is 3.16. The summed E-state index contributed by atoms with van der Waals surface area (Å²) in [5, 5.41) is 9.82. The smallest absolute Gasteiger partial charge is 0.270 e. The van der Waals surface area contributed by atoms with Crippen LogP contribution in [-0.4, -0.2) is 55.1 Å². The minimum absolute atomic E-state index is 0.0772. The van der Waals surface area contributed by atoms with Crippen molar-refractivity contribution in [2.24, 2.45) is 0 Å². The number of nitrogens with zero attached hydrogens (tertiary/aromatic N) is 3. The maximum Gasteiger partial charge on any atom is 0.270 e. The zero-order valence-electron chi connectivity index (χ0n) is 15.7. The number of hydrogen-bond acceptors (Lipinski definition) is 6. The van der Waals surface area contributed by atoms with Crippen LogP contribution in [0.4, 0.5) is 5.69 Å². The van der Waals surface area contributed by atoms with Gasteiger partial charge < -0.3 is 10.2 Å². The van der Waals surface area contributed by atoms with Gasteiger partial charge in [-0.1, -0.05) is 18.2 Å². The van der Waals surface area contributed by atoms with Gasteiger partial charge in [-0.05, 0) is 36.5 Å². The maximum absolute atomic E-state index is 12.3. The lowest BCUT2D eigenvalue weighted by Gasteiger charge is -2.36. The Hall–Kier alpha value is -2.22. The topological polar surface area (TPSA) is 48.5 Å². The van der Waals surface area contributed by atoms with E-state index in [1.165, 1.54) is 17.0 Å². The van der Waals surface area contributed by atoms with Gasteiger partial charge in [-0.2, -0.15) is 11.3 Å². The average Bonchev–Trinajstić information content (AvgIpc) is 3.44. The standard InChI is InChI=1S/C21H24N4OS2/c26-20(19-16-28-21(23-19)17-7-14-27-15-17)22-8-4-9-24-10-12-25(13-11-24)18-5-2-1-3-6-18/h1-3,5-7,14-16H,4,8-13H2,(H,22,26). The summed E-state index contributed by atoms with van der Waals surface area (Å²) in [5.41, 5.74) is 2.91. The first-order valence-electron chi connectivity index (χ1n) is 9.58. The Labute approximate surface area is 173 Å². The normalized spacial score (nSPS) is 14.9. The summed E-state index contributed by atoms with van der Waals surface area (Å²) in [4.78, 5) is 21.7. The van der Waals surface area contributed by atoms with Crippen LogP contribution in [0.5, 0.6) is 0 Å². The van der Waals surface area contributed by atoms with Crippen LogP contribution in [0.3, 0.4) is 0 Å². The van der Waals surface area contributed by atoms with E-state index in [-0.39, 0.29) is 5.91 Å². The molecule has 1 N–H and O–H groups in total. The minimum Gasteiger partial charge on any atom is -0.369 e. The summed E-state index contributed by atoms with van der Waals surface area (Å²) in [5.74, 6) is -0.0772. The van der Waals surface area contributed by atoms with Crippen molar-refractivity contribution in [1.29, 1.82) is 0 Å². The van der Waals surface area contributed by atoms with E-state index in [0.717, 1.165) is 49.7 Å². The number of carbonyl (C=O) groups excluding carboxylic acids is 1. The summed E-state index contributed by atoms with van der Waals surface area (Å²) in [6.07, 6.45) is 0.957. The molecule has 0 spiro atoms. The lowest BCUT2D eigenvalue weighted by atomic mass is 10.2. The Kier molecular flexibility index (Phi) is 6.36. The number of carbonyl (C=O) groups is 1. The third-order valence-electron chi connectivity index (χ3n) is 4.94. The number of aromatic nitrogens is 1. The molecule has 0 radical (unpaired) electrons. The van der Waals surface area contributed by atoms with Crippen LogP contribution >= 0.6 is 22.7 Å². The van der Waals surface area contributed by atoms with Gasteiger partial charge in [0.2, 0.25) is 0 Å². The van der Waals surface area contributed by atoms with Gasteiger partial charge in [0.1, 0.15) is 10.7 Å². The molecule has 146 valence electrons. The lowest BCUT2D eigenvalue weighted by Crippen LogP contribution is -2.47. The molecule has 0 bridgehead atoms. The molecule has 5 nitrogen and oxygen atoms in total. The van der Waals surface area contributed by atoms with Gasteiger partial charge >= 0.3 is 0 Å². The first kappa shape index (κ1) is 19.1. The number of piperazine rings is 1. The molecular weight excluding hydrogens is 388 g/mol. The number of thiazole rings is 1. The second-order valence-corrected chi connectivity index (χ2v) is 8.46. The molecule has 1 aliphatic rings. The molecule has 1 aliphatic heterocycles. The molecule has 3 aromatic rings. The average molecular weight is 413 g/mol. The zero-order chi connectivity index (χ0) is 19.2. The molecule has 0 saturated carbocycles. The fourth-order valence-corrected chi connectivity index (χ4v) is 4.87. The Morgan fingerprint density at radius 1 is 1.07 bits per heavy atom. The van der Waals surface area contributed by atoms with E-state index in [1.807, 2.05) is 16.8 Å². The highest BCUT2D eigenvalue weighted by Gasteiger charge is 2.17. The van der Waals surface area contributed by atoms with Crippen molar-refractivity contribution in [3.8, 4) is 10.6 Å². The molecule has 3 heterocycles. The van der Waals surface area contributed by atoms with Gasteiger partial charge in [0.05, 0.1) is 0 Å². The lowest BCUT2D eigenvalue weighted by molar-refractivity contribution is 0.0947. The molecular formula is C21H24N4OS2. The number of nitrogens with one attached hydrogen (secondary N) is 1. The minimum atomic E-state index is -0.0772. The Morgan fingerprint density at radius 2 is 1.89 bits per heavy atom. The van der Waals surface area contributed by atoms with Crippen molar-refractivity contribution < 1.29 is 4.79 Å². The van der Waals surface area contributed by atoms with E-state index in [9.17, 15) is 4.79 Å². The van der Waals surface area contributed by atoms with Crippen LogP contribution < -0.4 is 10.2 Å². The number of para-hydroxylation sites is 1. The maximum atomic E-state index is 12.3. The predicted molar refractivity (Wildman–Crippen MR) is 117 cm³/mol. The van der Waals surface area contributed by atoms with Crippen LogP contribution in [0.1, 0.15) is 16.9 Å². The second-order valence-electron chi connectivity index (χ2n) is 6.82. The van der Waals surface area contributed by atoms with Crippen molar-refractivity contribution in [2.45, 2.75) is 6.42 Å². The fourth-order valence-electron chi connectivity index (χ4n) is 3.36. The van der Waals surface area contributed by atoms with E-state index in [1.54, 1.807) is 11.3 Å². The van der Waals surface area contributed by atoms with Gasteiger partial charge in [0.15, 0.2) is 0 Å². The number of rotatable bonds is 7. The molecule has 1 amide bonds. The van der Waals surface area contributed by atoms with Crippen molar-refractivity contribution >= 4 is 34.3 Å². The largest absolute Gasteiger partial charge is 0.369 e. The third kappa shape index (κ3) is 4.79. The second kappa shape index (κ2) is 9.32. The van der Waals surface area contributed by atoms with Gasteiger partial charge in [0, 0.05) is 54.7 Å². The molecule has 28 heavy (non-hydrogen) atoms. The van der Waals surface area contributed by atoms with E-state index >= 15 is 0 Å². The summed E-state index contributed by atoms with van der Waals surface area (Å²) < 4.78 is 0. The quantitative estimate of drug-likeness (QED) is 0.600. The summed E-state index contributed by atoms with van der Waals surface area (Å²) in [6.45, 7) is 5.95. The van der Waals surface area contributed by atoms with Crippen molar-refractivity contribution in [1.82, 2.24) is 15.2 Å². The molecule has 0 atom stereocenters. The van der Waals surface area contributed by atoms with Crippen LogP contribution in [0.25, 0.3) is 10.6 Å².